The van der Waals surface area contributed by atoms with Crippen LogP contribution in [0.3, 0.4) is 0 Å². The number of rotatable bonds is 3. The monoisotopic (exact) mass is 438 g/mol. The molecule has 0 unspecified atom stereocenters. The van der Waals surface area contributed by atoms with Crippen molar-refractivity contribution in [1.29, 1.82) is 5.26 Å². The van der Waals surface area contributed by atoms with Crippen LogP contribution in [0.15, 0.2) is 47.7 Å². The molecular formula is C21H12Cl2N4O3. The van der Waals surface area contributed by atoms with E-state index in [0.29, 0.717) is 5.75 Å². The molecule has 2 heterocycles. The Morgan fingerprint density at radius 1 is 1.13 bits per heavy atom. The first-order valence-corrected chi connectivity index (χ1v) is 9.49. The molecule has 0 saturated heterocycles. The number of hydrogen-bond donors (Lipinski definition) is 0. The van der Waals surface area contributed by atoms with Gasteiger partial charge in [-0.25, -0.2) is 0 Å². The van der Waals surface area contributed by atoms with Crippen LogP contribution in [0.25, 0.3) is 10.9 Å². The molecule has 1 aromatic heterocycles. The maximum Gasteiger partial charge on any atom is 0.255 e. The minimum atomic E-state index is -0.628. The maximum absolute atomic E-state index is 12.2. The summed E-state index contributed by atoms with van der Waals surface area (Å²) in [7, 11) is 0. The van der Waals surface area contributed by atoms with E-state index in [4.69, 9.17) is 33.2 Å². The number of benzene rings is 2. The normalized spacial score (nSPS) is 13.9. The van der Waals surface area contributed by atoms with Gasteiger partial charge in [0.2, 0.25) is 11.5 Å². The second kappa shape index (κ2) is 7.75. The van der Waals surface area contributed by atoms with Crippen molar-refractivity contribution in [2.45, 2.75) is 13.3 Å². The number of ketones is 1. The lowest BCUT2D eigenvalue weighted by molar-refractivity contribution is -0.124. The molecule has 30 heavy (non-hydrogen) atoms. The van der Waals surface area contributed by atoms with E-state index in [1.165, 1.54) is 12.1 Å². The molecule has 0 spiro atoms. The van der Waals surface area contributed by atoms with Crippen molar-refractivity contribution in [3.05, 3.63) is 58.2 Å². The van der Waals surface area contributed by atoms with Gasteiger partial charge in [-0.2, -0.15) is 15.4 Å². The van der Waals surface area contributed by atoms with Crippen molar-refractivity contribution >= 4 is 57.2 Å². The Bertz CT molecular complexity index is 1270. The van der Waals surface area contributed by atoms with Crippen LogP contribution in [0.5, 0.6) is 11.5 Å². The number of nitriles is 1. The van der Waals surface area contributed by atoms with Crippen LogP contribution in [0, 0.1) is 18.3 Å². The highest BCUT2D eigenvalue weighted by molar-refractivity contribution is 6.50. The first kappa shape index (κ1) is 19.8. The fraction of sp³-hybridized carbons (Fsp3) is 0.0952. The molecule has 0 fully saturated rings. The van der Waals surface area contributed by atoms with E-state index in [2.05, 4.69) is 10.1 Å². The van der Waals surface area contributed by atoms with Crippen molar-refractivity contribution in [3.63, 3.8) is 0 Å². The van der Waals surface area contributed by atoms with Crippen LogP contribution in [0.4, 0.5) is 5.69 Å². The maximum atomic E-state index is 12.2. The van der Waals surface area contributed by atoms with Gasteiger partial charge in [0.15, 0.2) is 5.75 Å². The Labute approximate surface area is 181 Å². The van der Waals surface area contributed by atoms with Crippen LogP contribution < -0.4 is 9.75 Å². The van der Waals surface area contributed by atoms with Gasteiger partial charge in [0.1, 0.15) is 11.8 Å². The van der Waals surface area contributed by atoms with Gasteiger partial charge in [-0.15, -0.1) is 0 Å². The first-order chi connectivity index (χ1) is 14.4. The van der Waals surface area contributed by atoms with Crippen molar-refractivity contribution in [1.82, 2.24) is 4.98 Å². The van der Waals surface area contributed by atoms with Crippen molar-refractivity contribution < 1.29 is 14.3 Å². The van der Waals surface area contributed by atoms with Gasteiger partial charge < -0.3 is 4.74 Å². The average Bonchev–Trinajstić information content (AvgIpc) is 2.70. The number of carbonyl (C=O) groups is 2. The van der Waals surface area contributed by atoms with Crippen molar-refractivity contribution in [2.24, 2.45) is 5.10 Å². The molecule has 0 N–H and O–H groups in total. The molecule has 0 saturated carbocycles. The van der Waals surface area contributed by atoms with Crippen LogP contribution >= 0.6 is 23.2 Å². The third-order valence-corrected chi connectivity index (χ3v) is 4.92. The topological polar surface area (TPSA) is 95.7 Å². The SMILES string of the molecule is Cc1cnc2ccc(Oc3c(Cl)cc(N4N=C(C#N)C(=O)CC4=O)cc3Cl)cc2c1. The van der Waals surface area contributed by atoms with Crippen molar-refractivity contribution in [2.75, 3.05) is 5.01 Å². The number of amides is 1. The summed E-state index contributed by atoms with van der Waals surface area (Å²) in [4.78, 5) is 28.2. The molecule has 4 rings (SSSR count). The van der Waals surface area contributed by atoms with E-state index < -0.39 is 18.1 Å². The highest BCUT2D eigenvalue weighted by atomic mass is 35.5. The highest BCUT2D eigenvalue weighted by Crippen LogP contribution is 2.40. The zero-order chi connectivity index (χ0) is 21.4. The Hall–Kier alpha value is -3.47. The van der Waals surface area contributed by atoms with Gasteiger partial charge in [-0.1, -0.05) is 23.2 Å². The molecule has 0 aliphatic carbocycles. The predicted octanol–water partition coefficient (Wildman–Crippen LogP) is 4.83. The summed E-state index contributed by atoms with van der Waals surface area (Å²) in [5, 5.41) is 14.9. The largest absolute Gasteiger partial charge is 0.454 e. The Balaban J connectivity index is 1.68. The van der Waals surface area contributed by atoms with Gasteiger partial charge in [0.05, 0.1) is 27.7 Å². The minimum absolute atomic E-state index is 0.137. The van der Waals surface area contributed by atoms with Crippen molar-refractivity contribution in [3.8, 4) is 17.6 Å². The molecule has 0 radical (unpaired) electrons. The third kappa shape index (κ3) is 3.71. The summed E-state index contributed by atoms with van der Waals surface area (Å²) in [6, 6.07) is 11.9. The van der Waals surface area contributed by atoms with Crippen LogP contribution in [-0.4, -0.2) is 22.4 Å². The molecule has 0 atom stereocenters. The molecule has 3 aromatic rings. The van der Waals surface area contributed by atoms with E-state index in [1.807, 2.05) is 25.1 Å². The Kier molecular flexibility index (Phi) is 5.12. The average molecular weight is 439 g/mol. The molecule has 9 heteroatoms. The van der Waals surface area contributed by atoms with E-state index in [9.17, 15) is 9.59 Å². The smallest absolute Gasteiger partial charge is 0.255 e. The summed E-state index contributed by atoms with van der Waals surface area (Å²) in [6.07, 6.45) is 1.33. The number of aromatic nitrogens is 1. The number of hydrazone groups is 1. The number of pyridine rings is 1. The Morgan fingerprint density at radius 2 is 1.87 bits per heavy atom. The molecule has 1 aliphatic rings. The van der Waals surface area contributed by atoms with Crippen LogP contribution in [-0.2, 0) is 9.59 Å². The van der Waals surface area contributed by atoms with E-state index in [-0.39, 0.29) is 27.2 Å². The number of anilines is 1. The van der Waals surface area contributed by atoms with E-state index in [1.54, 1.807) is 18.3 Å². The van der Waals surface area contributed by atoms with Gasteiger partial charge in [0.25, 0.3) is 5.91 Å². The lowest BCUT2D eigenvalue weighted by atomic mass is 10.1. The van der Waals surface area contributed by atoms with Crippen LogP contribution in [0.2, 0.25) is 10.0 Å². The fourth-order valence-corrected chi connectivity index (χ4v) is 3.51. The number of ether oxygens (including phenoxy) is 1. The summed E-state index contributed by atoms with van der Waals surface area (Å²) in [6.45, 7) is 1.95. The number of fused-ring (bicyclic) bond motifs is 1. The number of Topliss-reactive ketones (excluding diaryl/α,β-unsaturated/α-hetero) is 1. The summed E-state index contributed by atoms with van der Waals surface area (Å²) < 4.78 is 5.88. The number of carbonyl (C=O) groups excluding carboxylic acids is 2. The summed E-state index contributed by atoms with van der Waals surface area (Å²) in [5.41, 5.74) is 1.70. The number of nitrogens with zero attached hydrogens (tertiary/aromatic N) is 4. The standard InChI is InChI=1S/C21H12Cl2N4O3/c1-11-4-12-5-14(2-3-17(12)25-10-11)30-21-15(22)6-13(7-16(21)23)27-20(29)8-19(28)18(9-24)26-27/h2-7,10H,8H2,1H3. The lowest BCUT2D eigenvalue weighted by Gasteiger charge is -2.22. The molecule has 7 nitrogen and oxygen atoms in total. The highest BCUT2D eigenvalue weighted by Gasteiger charge is 2.29. The number of hydrogen-bond acceptors (Lipinski definition) is 6. The second-order valence-corrected chi connectivity index (χ2v) is 7.39. The molecule has 2 aromatic carbocycles. The van der Waals surface area contributed by atoms with Gasteiger partial charge in [0, 0.05) is 11.6 Å². The second-order valence-electron chi connectivity index (χ2n) is 6.57. The third-order valence-electron chi connectivity index (χ3n) is 4.36. The van der Waals surface area contributed by atoms with E-state index in [0.717, 1.165) is 21.5 Å². The lowest BCUT2D eigenvalue weighted by Crippen LogP contribution is -2.36. The zero-order valence-corrected chi connectivity index (χ0v) is 17.0. The predicted molar refractivity (Wildman–Crippen MR) is 113 cm³/mol. The number of aryl methyl sites for hydroxylation is 1. The zero-order valence-electron chi connectivity index (χ0n) is 15.5. The quantitative estimate of drug-likeness (QED) is 0.545. The number of halogens is 2. The van der Waals surface area contributed by atoms with E-state index >= 15 is 0 Å². The molecule has 0 bridgehead atoms. The Morgan fingerprint density at radius 3 is 2.57 bits per heavy atom. The van der Waals surface area contributed by atoms with Crippen LogP contribution in [0.1, 0.15) is 12.0 Å². The summed E-state index contributed by atoms with van der Waals surface area (Å²) >= 11 is 12.7. The van der Waals surface area contributed by atoms with Gasteiger partial charge in [-0.3, -0.25) is 14.6 Å². The van der Waals surface area contributed by atoms with Gasteiger partial charge in [-0.05, 0) is 48.9 Å². The molecule has 1 aliphatic heterocycles. The fourth-order valence-electron chi connectivity index (χ4n) is 2.96. The minimum Gasteiger partial charge on any atom is -0.454 e. The van der Waals surface area contributed by atoms with Gasteiger partial charge >= 0.3 is 0 Å². The first-order valence-electron chi connectivity index (χ1n) is 8.74. The molecule has 148 valence electrons. The molecule has 1 amide bonds. The summed E-state index contributed by atoms with van der Waals surface area (Å²) in [5.74, 6) is -0.503. The molecular weight excluding hydrogens is 427 g/mol.